The molecule has 1 fully saturated rings. The van der Waals surface area contributed by atoms with E-state index < -0.39 is 0 Å². The molecule has 0 amide bonds. The van der Waals surface area contributed by atoms with Gasteiger partial charge < -0.3 is 0 Å². The Morgan fingerprint density at radius 3 is 1.18 bits per heavy atom. The largest absolute Gasteiger partial charge is 0.103 e. The van der Waals surface area contributed by atoms with Crippen molar-refractivity contribution in [2.24, 2.45) is 17.3 Å². The molecule has 0 nitrogen and oxygen atoms in total. The van der Waals surface area contributed by atoms with Crippen molar-refractivity contribution in [2.75, 3.05) is 0 Å². The number of rotatable bonds is 1. The number of allylic oxidation sites excluding steroid dienone is 1. The number of hydrogen-bond donors (Lipinski definition) is 0. The zero-order chi connectivity index (χ0) is 14.5. The van der Waals surface area contributed by atoms with Crippen molar-refractivity contribution >= 4 is 0 Å². The Morgan fingerprint density at radius 1 is 1.00 bits per heavy atom. The third-order valence-corrected chi connectivity index (χ3v) is 2.34. The summed E-state index contributed by atoms with van der Waals surface area (Å²) in [5.41, 5.74) is 0.500. The van der Waals surface area contributed by atoms with Crippen molar-refractivity contribution in [3.8, 4) is 0 Å². The Bertz CT molecular complexity index is 125. The predicted molar refractivity (Wildman–Crippen MR) is 84.5 cm³/mol. The summed E-state index contributed by atoms with van der Waals surface area (Å²) in [7, 11) is 0. The van der Waals surface area contributed by atoms with Gasteiger partial charge in [-0.2, -0.15) is 0 Å². The SMILES string of the molecule is C=CCC.CC.CC(C)(C)C.CC1CCC1C. The van der Waals surface area contributed by atoms with Gasteiger partial charge in [-0.3, -0.25) is 0 Å². The molecule has 2 unspecified atom stereocenters. The van der Waals surface area contributed by atoms with E-state index in [2.05, 4.69) is 55.0 Å². The van der Waals surface area contributed by atoms with Gasteiger partial charge in [-0.1, -0.05) is 81.2 Å². The highest BCUT2D eigenvalue weighted by atomic mass is 14.3. The van der Waals surface area contributed by atoms with E-state index in [0.717, 1.165) is 18.3 Å². The predicted octanol–water partition coefficient (Wildman–Crippen LogP) is 6.71. The molecule has 2 atom stereocenters. The smallest absolute Gasteiger partial charge is 0.0382 e. The lowest BCUT2D eigenvalue weighted by molar-refractivity contribution is 0.219. The molecule has 0 aliphatic heterocycles. The normalized spacial score (nSPS) is 21.2. The van der Waals surface area contributed by atoms with E-state index in [0.29, 0.717) is 5.41 Å². The zero-order valence-corrected chi connectivity index (χ0v) is 14.1. The summed E-state index contributed by atoms with van der Waals surface area (Å²) < 4.78 is 0. The molecule has 0 aromatic carbocycles. The van der Waals surface area contributed by atoms with Crippen molar-refractivity contribution in [2.45, 2.75) is 81.6 Å². The average Bonchev–Trinajstić information content (AvgIpc) is 2.27. The minimum Gasteiger partial charge on any atom is -0.103 e. The van der Waals surface area contributed by atoms with Gasteiger partial charge in [-0.25, -0.2) is 0 Å². The van der Waals surface area contributed by atoms with Gasteiger partial charge in [0.05, 0.1) is 0 Å². The highest BCUT2D eigenvalue weighted by Gasteiger charge is 2.20. The van der Waals surface area contributed by atoms with Crippen LogP contribution < -0.4 is 0 Å². The quantitative estimate of drug-likeness (QED) is 0.448. The molecule has 0 bridgehead atoms. The molecule has 0 radical (unpaired) electrons. The molecule has 1 rings (SSSR count). The molecular formula is C17H38. The molecule has 0 aromatic rings. The van der Waals surface area contributed by atoms with Crippen LogP contribution >= 0.6 is 0 Å². The molecule has 1 aliphatic rings. The lowest BCUT2D eigenvalue weighted by Gasteiger charge is -2.29. The van der Waals surface area contributed by atoms with Crippen molar-refractivity contribution < 1.29 is 0 Å². The van der Waals surface area contributed by atoms with E-state index in [1.165, 1.54) is 12.8 Å². The van der Waals surface area contributed by atoms with Crippen LogP contribution in [-0.2, 0) is 0 Å². The van der Waals surface area contributed by atoms with Crippen LogP contribution in [0.5, 0.6) is 0 Å². The van der Waals surface area contributed by atoms with Crippen LogP contribution in [0.2, 0.25) is 0 Å². The highest BCUT2D eigenvalue weighted by Crippen LogP contribution is 2.32. The van der Waals surface area contributed by atoms with E-state index in [1.807, 2.05) is 19.9 Å². The Kier molecular flexibility index (Phi) is 17.8. The summed E-state index contributed by atoms with van der Waals surface area (Å²) in [5, 5.41) is 0. The fraction of sp³-hybridized carbons (Fsp3) is 0.882. The highest BCUT2D eigenvalue weighted by molar-refractivity contribution is 4.71. The topological polar surface area (TPSA) is 0 Å². The standard InChI is InChI=1S/C6H12.C5H12.C4H8.C2H6/c1-5-3-4-6(5)2;1-5(2,3)4;1-3-4-2;1-2/h5-6H,3-4H2,1-2H3;1-4H3;3H,1,4H2,2H3;1-2H3. The monoisotopic (exact) mass is 242 g/mol. The maximum absolute atomic E-state index is 3.48. The molecule has 0 spiro atoms. The lowest BCUT2D eigenvalue weighted by atomic mass is 9.77. The van der Waals surface area contributed by atoms with Crippen molar-refractivity contribution in [1.82, 2.24) is 0 Å². The van der Waals surface area contributed by atoms with Gasteiger partial charge in [-0.05, 0) is 23.7 Å². The van der Waals surface area contributed by atoms with E-state index in [4.69, 9.17) is 0 Å². The van der Waals surface area contributed by atoms with Gasteiger partial charge in [-0.15, -0.1) is 6.58 Å². The van der Waals surface area contributed by atoms with Gasteiger partial charge in [0, 0.05) is 0 Å². The molecule has 17 heavy (non-hydrogen) atoms. The molecule has 0 N–H and O–H groups in total. The van der Waals surface area contributed by atoms with Crippen LogP contribution in [0.4, 0.5) is 0 Å². The Labute approximate surface area is 112 Å². The van der Waals surface area contributed by atoms with Gasteiger partial charge in [0.2, 0.25) is 0 Å². The zero-order valence-electron chi connectivity index (χ0n) is 14.1. The van der Waals surface area contributed by atoms with Crippen LogP contribution in [0.1, 0.15) is 81.6 Å². The summed E-state index contributed by atoms with van der Waals surface area (Å²) >= 11 is 0. The van der Waals surface area contributed by atoms with Crippen molar-refractivity contribution in [1.29, 1.82) is 0 Å². The Morgan fingerprint density at radius 2 is 1.18 bits per heavy atom. The van der Waals surface area contributed by atoms with E-state index in [1.54, 1.807) is 0 Å². The molecular weight excluding hydrogens is 204 g/mol. The van der Waals surface area contributed by atoms with Crippen LogP contribution in [0.3, 0.4) is 0 Å². The molecule has 0 heterocycles. The summed E-state index contributed by atoms with van der Waals surface area (Å²) in [6.45, 7) is 22.9. The third-order valence-electron chi connectivity index (χ3n) is 2.34. The van der Waals surface area contributed by atoms with E-state index >= 15 is 0 Å². The van der Waals surface area contributed by atoms with E-state index in [9.17, 15) is 0 Å². The average molecular weight is 242 g/mol. The van der Waals surface area contributed by atoms with Gasteiger partial charge in [0.25, 0.3) is 0 Å². The van der Waals surface area contributed by atoms with Crippen molar-refractivity contribution in [3.63, 3.8) is 0 Å². The molecule has 106 valence electrons. The van der Waals surface area contributed by atoms with Crippen LogP contribution in [0.25, 0.3) is 0 Å². The first-order valence-corrected chi connectivity index (χ1v) is 7.33. The van der Waals surface area contributed by atoms with Crippen LogP contribution in [0.15, 0.2) is 12.7 Å². The second kappa shape index (κ2) is 13.8. The first kappa shape index (κ1) is 22.0. The van der Waals surface area contributed by atoms with Gasteiger partial charge in [0.1, 0.15) is 0 Å². The fourth-order valence-corrected chi connectivity index (χ4v) is 0.833. The van der Waals surface area contributed by atoms with Crippen LogP contribution in [0, 0.1) is 17.3 Å². The molecule has 1 saturated carbocycles. The summed E-state index contributed by atoms with van der Waals surface area (Å²) in [6, 6.07) is 0. The van der Waals surface area contributed by atoms with Crippen molar-refractivity contribution in [3.05, 3.63) is 12.7 Å². The molecule has 0 saturated heterocycles. The maximum Gasteiger partial charge on any atom is -0.0382 e. The first-order valence-electron chi connectivity index (χ1n) is 7.33. The summed E-state index contributed by atoms with van der Waals surface area (Å²) in [5.74, 6) is 2.06. The van der Waals surface area contributed by atoms with Gasteiger partial charge in [0.15, 0.2) is 0 Å². The van der Waals surface area contributed by atoms with E-state index in [-0.39, 0.29) is 0 Å². The second-order valence-electron chi connectivity index (χ2n) is 6.23. The van der Waals surface area contributed by atoms with Crippen LogP contribution in [-0.4, -0.2) is 0 Å². The summed E-state index contributed by atoms with van der Waals surface area (Å²) in [6.07, 6.45) is 5.91. The Hall–Kier alpha value is -0.260. The maximum atomic E-state index is 3.48. The first-order chi connectivity index (χ1) is 7.72. The third kappa shape index (κ3) is 31.3. The Balaban J connectivity index is -0.000000165. The minimum absolute atomic E-state index is 0.500. The molecule has 0 aromatic heterocycles. The van der Waals surface area contributed by atoms with Gasteiger partial charge >= 0.3 is 0 Å². The fourth-order valence-electron chi connectivity index (χ4n) is 0.833. The molecule has 1 aliphatic carbocycles. The summed E-state index contributed by atoms with van der Waals surface area (Å²) in [4.78, 5) is 0. The number of hydrogen-bond acceptors (Lipinski definition) is 0. The molecule has 0 heteroatoms. The lowest BCUT2D eigenvalue weighted by Crippen LogP contribution is -2.18. The second-order valence-corrected chi connectivity index (χ2v) is 6.23. The minimum atomic E-state index is 0.500.